The summed E-state index contributed by atoms with van der Waals surface area (Å²) in [7, 11) is 0. The van der Waals surface area contributed by atoms with Crippen molar-refractivity contribution in [2.75, 3.05) is 5.32 Å². The first kappa shape index (κ1) is 13.7. The SMILES string of the molecule is Cc1[nH]c(=O)[nH]c(=O)c1CC(=O)Nc1cccc(F)c1. The van der Waals surface area contributed by atoms with Crippen LogP contribution in [0.2, 0.25) is 0 Å². The number of halogens is 1. The molecule has 0 aliphatic rings. The van der Waals surface area contributed by atoms with Crippen LogP contribution in [0.25, 0.3) is 0 Å². The molecule has 0 aliphatic heterocycles. The average molecular weight is 277 g/mol. The van der Waals surface area contributed by atoms with Crippen molar-refractivity contribution in [3.8, 4) is 0 Å². The molecule has 0 atom stereocenters. The minimum Gasteiger partial charge on any atom is -0.326 e. The van der Waals surface area contributed by atoms with Crippen molar-refractivity contribution in [2.24, 2.45) is 0 Å². The molecule has 1 amide bonds. The number of hydrogen-bond donors (Lipinski definition) is 3. The lowest BCUT2D eigenvalue weighted by atomic mass is 10.1. The van der Waals surface area contributed by atoms with E-state index in [-0.39, 0.29) is 12.0 Å². The zero-order valence-corrected chi connectivity index (χ0v) is 10.6. The van der Waals surface area contributed by atoms with Crippen molar-refractivity contribution in [1.29, 1.82) is 0 Å². The molecule has 0 unspecified atom stereocenters. The largest absolute Gasteiger partial charge is 0.326 e. The number of H-pyrrole nitrogens is 2. The molecule has 2 aromatic rings. The van der Waals surface area contributed by atoms with E-state index in [0.29, 0.717) is 11.4 Å². The number of aromatic nitrogens is 2. The fraction of sp³-hybridized carbons (Fsp3) is 0.154. The molecule has 20 heavy (non-hydrogen) atoms. The summed E-state index contributed by atoms with van der Waals surface area (Å²) in [6.45, 7) is 1.53. The Morgan fingerprint density at radius 2 is 2.05 bits per heavy atom. The van der Waals surface area contributed by atoms with Gasteiger partial charge in [0.25, 0.3) is 5.56 Å². The summed E-state index contributed by atoms with van der Waals surface area (Å²) in [6.07, 6.45) is -0.214. The monoisotopic (exact) mass is 277 g/mol. The molecular weight excluding hydrogens is 265 g/mol. The van der Waals surface area contributed by atoms with E-state index in [1.165, 1.54) is 31.2 Å². The summed E-state index contributed by atoms with van der Waals surface area (Å²) in [5.41, 5.74) is -0.442. The van der Waals surface area contributed by atoms with Gasteiger partial charge in [-0.1, -0.05) is 6.07 Å². The van der Waals surface area contributed by atoms with E-state index in [2.05, 4.69) is 15.3 Å². The minimum atomic E-state index is -0.623. The van der Waals surface area contributed by atoms with E-state index in [1.54, 1.807) is 0 Å². The lowest BCUT2D eigenvalue weighted by molar-refractivity contribution is -0.115. The van der Waals surface area contributed by atoms with Gasteiger partial charge in [-0.05, 0) is 25.1 Å². The molecule has 7 heteroatoms. The van der Waals surface area contributed by atoms with Gasteiger partial charge in [-0.25, -0.2) is 9.18 Å². The maximum absolute atomic E-state index is 13.0. The summed E-state index contributed by atoms with van der Waals surface area (Å²) in [5, 5.41) is 2.48. The second-order valence-corrected chi connectivity index (χ2v) is 4.25. The Morgan fingerprint density at radius 3 is 2.70 bits per heavy atom. The molecule has 1 heterocycles. The summed E-state index contributed by atoms with van der Waals surface area (Å²) in [6, 6.07) is 5.42. The van der Waals surface area contributed by atoms with Gasteiger partial charge in [0.15, 0.2) is 0 Å². The molecule has 1 aromatic carbocycles. The Hall–Kier alpha value is -2.70. The third kappa shape index (κ3) is 3.19. The van der Waals surface area contributed by atoms with Crippen LogP contribution in [0.4, 0.5) is 10.1 Å². The third-order valence-corrected chi connectivity index (χ3v) is 2.70. The Morgan fingerprint density at radius 1 is 1.30 bits per heavy atom. The van der Waals surface area contributed by atoms with Crippen molar-refractivity contribution in [3.63, 3.8) is 0 Å². The van der Waals surface area contributed by atoms with Gasteiger partial charge in [0, 0.05) is 16.9 Å². The van der Waals surface area contributed by atoms with Crippen LogP contribution in [-0.4, -0.2) is 15.9 Å². The standard InChI is InChI=1S/C13H12FN3O3/c1-7-10(12(19)17-13(20)15-7)6-11(18)16-9-4-2-3-8(14)5-9/h2-5H,6H2,1H3,(H,16,18)(H2,15,17,19,20). The Labute approximate surface area is 112 Å². The van der Waals surface area contributed by atoms with E-state index in [4.69, 9.17) is 0 Å². The Kier molecular flexibility index (Phi) is 3.79. The van der Waals surface area contributed by atoms with Crippen molar-refractivity contribution >= 4 is 11.6 Å². The molecule has 6 nitrogen and oxygen atoms in total. The van der Waals surface area contributed by atoms with E-state index >= 15 is 0 Å². The maximum Gasteiger partial charge on any atom is 0.325 e. The van der Waals surface area contributed by atoms with Crippen LogP contribution in [-0.2, 0) is 11.2 Å². The number of aryl methyl sites for hydroxylation is 1. The van der Waals surface area contributed by atoms with Crippen LogP contribution in [0, 0.1) is 12.7 Å². The van der Waals surface area contributed by atoms with Crippen molar-refractivity contribution in [2.45, 2.75) is 13.3 Å². The van der Waals surface area contributed by atoms with E-state index in [1.807, 2.05) is 0 Å². The lowest BCUT2D eigenvalue weighted by Crippen LogP contribution is -2.29. The number of anilines is 1. The van der Waals surface area contributed by atoms with Gasteiger partial charge in [-0.3, -0.25) is 14.6 Å². The molecule has 0 bridgehead atoms. The molecule has 1 aromatic heterocycles. The van der Waals surface area contributed by atoms with Gasteiger partial charge in [0.05, 0.1) is 6.42 Å². The smallest absolute Gasteiger partial charge is 0.325 e. The highest BCUT2D eigenvalue weighted by molar-refractivity contribution is 5.92. The van der Waals surface area contributed by atoms with E-state index in [9.17, 15) is 18.8 Å². The minimum absolute atomic E-state index is 0.165. The van der Waals surface area contributed by atoms with Crippen molar-refractivity contribution in [3.05, 3.63) is 62.2 Å². The molecule has 0 radical (unpaired) electrons. The van der Waals surface area contributed by atoms with E-state index < -0.39 is 23.0 Å². The fourth-order valence-electron chi connectivity index (χ4n) is 1.77. The predicted octanol–water partition coefficient (Wildman–Crippen LogP) is 0.692. The quantitative estimate of drug-likeness (QED) is 0.770. The number of carbonyl (C=O) groups is 1. The number of benzene rings is 1. The molecular formula is C13H12FN3O3. The van der Waals surface area contributed by atoms with Gasteiger partial charge in [0.1, 0.15) is 5.82 Å². The Balaban J connectivity index is 2.17. The highest BCUT2D eigenvalue weighted by Gasteiger charge is 2.11. The fourth-order valence-corrected chi connectivity index (χ4v) is 1.77. The first-order valence-electron chi connectivity index (χ1n) is 5.83. The molecule has 0 saturated heterocycles. The maximum atomic E-state index is 13.0. The predicted molar refractivity (Wildman–Crippen MR) is 71.2 cm³/mol. The summed E-state index contributed by atoms with van der Waals surface area (Å²) < 4.78 is 13.0. The summed E-state index contributed by atoms with van der Waals surface area (Å²) in [4.78, 5) is 38.9. The van der Waals surface area contributed by atoms with Crippen LogP contribution < -0.4 is 16.6 Å². The topological polar surface area (TPSA) is 94.8 Å². The molecule has 0 saturated carbocycles. The zero-order chi connectivity index (χ0) is 14.7. The molecule has 104 valence electrons. The Bertz CT molecular complexity index is 764. The first-order valence-corrected chi connectivity index (χ1v) is 5.83. The van der Waals surface area contributed by atoms with Crippen LogP contribution in [0.15, 0.2) is 33.9 Å². The summed E-state index contributed by atoms with van der Waals surface area (Å²) >= 11 is 0. The second kappa shape index (κ2) is 5.52. The molecule has 0 fully saturated rings. The van der Waals surface area contributed by atoms with Crippen LogP contribution in [0.5, 0.6) is 0 Å². The van der Waals surface area contributed by atoms with Crippen molar-refractivity contribution < 1.29 is 9.18 Å². The molecule has 0 spiro atoms. The molecule has 0 aliphatic carbocycles. The molecule has 2 rings (SSSR count). The van der Waals surface area contributed by atoms with Crippen LogP contribution in [0.3, 0.4) is 0 Å². The van der Waals surface area contributed by atoms with Gasteiger partial charge in [-0.15, -0.1) is 0 Å². The number of amides is 1. The van der Waals surface area contributed by atoms with Crippen LogP contribution >= 0.6 is 0 Å². The highest BCUT2D eigenvalue weighted by Crippen LogP contribution is 2.09. The van der Waals surface area contributed by atoms with Gasteiger partial charge < -0.3 is 10.3 Å². The van der Waals surface area contributed by atoms with Crippen LogP contribution in [0.1, 0.15) is 11.3 Å². The first-order chi connectivity index (χ1) is 9.45. The number of aromatic amines is 2. The number of nitrogens with one attached hydrogen (secondary N) is 3. The van der Waals surface area contributed by atoms with Gasteiger partial charge in [-0.2, -0.15) is 0 Å². The third-order valence-electron chi connectivity index (χ3n) is 2.70. The van der Waals surface area contributed by atoms with E-state index in [0.717, 1.165) is 0 Å². The molecule has 3 N–H and O–H groups in total. The number of hydrogen-bond acceptors (Lipinski definition) is 3. The zero-order valence-electron chi connectivity index (χ0n) is 10.6. The second-order valence-electron chi connectivity index (χ2n) is 4.25. The normalized spacial score (nSPS) is 10.3. The van der Waals surface area contributed by atoms with Gasteiger partial charge in [0.2, 0.25) is 5.91 Å². The average Bonchev–Trinajstić information content (AvgIpc) is 2.33. The van der Waals surface area contributed by atoms with Gasteiger partial charge >= 0.3 is 5.69 Å². The summed E-state index contributed by atoms with van der Waals surface area (Å²) in [5.74, 6) is -0.947. The number of rotatable bonds is 3. The van der Waals surface area contributed by atoms with Crippen molar-refractivity contribution in [1.82, 2.24) is 9.97 Å². The number of carbonyl (C=O) groups excluding carboxylic acids is 1. The highest BCUT2D eigenvalue weighted by atomic mass is 19.1. The lowest BCUT2D eigenvalue weighted by Gasteiger charge is -2.06.